The quantitative estimate of drug-likeness (QED) is 0.359. The van der Waals surface area contributed by atoms with E-state index in [-0.39, 0.29) is 5.56 Å². The average Bonchev–Trinajstić information content (AvgIpc) is 3.02. The molecule has 1 N–H and O–H groups in total. The third-order valence-electron chi connectivity index (χ3n) is 4.12. The number of halogens is 6. The first-order valence-corrected chi connectivity index (χ1v) is 8.57. The van der Waals surface area contributed by atoms with Crippen molar-refractivity contribution in [3.63, 3.8) is 0 Å². The number of alkyl halides is 3. The van der Waals surface area contributed by atoms with Gasteiger partial charge in [-0.3, -0.25) is 4.57 Å². The van der Waals surface area contributed by atoms with Gasteiger partial charge in [-0.15, -0.1) is 0 Å². The Bertz CT molecular complexity index is 1070. The summed E-state index contributed by atoms with van der Waals surface area (Å²) in [7, 11) is 0. The second kappa shape index (κ2) is 7.48. The summed E-state index contributed by atoms with van der Waals surface area (Å²) in [6, 6.07) is 7.88. The van der Waals surface area contributed by atoms with E-state index in [0.717, 1.165) is 22.8 Å². The molecule has 146 valence electrons. The van der Waals surface area contributed by atoms with Crippen LogP contribution in [0.25, 0.3) is 17.0 Å². The van der Waals surface area contributed by atoms with Crippen LogP contribution in [-0.4, -0.2) is 21.9 Å². The first-order chi connectivity index (χ1) is 13.1. The van der Waals surface area contributed by atoms with Gasteiger partial charge in [0.1, 0.15) is 0 Å². The van der Waals surface area contributed by atoms with E-state index in [1.807, 2.05) is 0 Å². The molecule has 1 unspecified atom stereocenters. The third kappa shape index (κ3) is 4.00. The number of rotatable bonds is 3. The number of benzene rings is 2. The molecule has 0 aliphatic carbocycles. The van der Waals surface area contributed by atoms with Crippen molar-refractivity contribution in [3.8, 4) is 0 Å². The van der Waals surface area contributed by atoms with Crippen molar-refractivity contribution in [2.45, 2.75) is 12.1 Å². The summed E-state index contributed by atoms with van der Waals surface area (Å²) < 4.78 is 55.1. The first-order valence-electron chi connectivity index (χ1n) is 7.81. The van der Waals surface area contributed by atoms with Gasteiger partial charge in [0.05, 0.1) is 21.5 Å². The molecule has 9 heteroatoms. The van der Waals surface area contributed by atoms with E-state index >= 15 is 0 Å². The second-order valence-electron chi connectivity index (χ2n) is 5.96. The number of carbonyl (C=O) groups is 1. The third-order valence-corrected chi connectivity index (χ3v) is 4.67. The normalized spacial score (nSPS) is 13.4. The Morgan fingerprint density at radius 2 is 1.75 bits per heavy atom. The maximum atomic E-state index is 13.5. The molecule has 0 bridgehead atoms. The highest BCUT2D eigenvalue weighted by Crippen LogP contribution is 2.39. The first kappa shape index (κ1) is 20.2. The molecule has 3 nitrogen and oxygen atoms in total. The summed E-state index contributed by atoms with van der Waals surface area (Å²) in [5, 5.41) is 8.63. The van der Waals surface area contributed by atoms with E-state index < -0.39 is 34.0 Å². The number of nitrogens with zero attached hydrogens (tertiary/aromatic N) is 1. The van der Waals surface area contributed by atoms with Crippen molar-refractivity contribution in [3.05, 3.63) is 75.7 Å². The Labute approximate surface area is 166 Å². The van der Waals surface area contributed by atoms with Crippen LogP contribution in [0.1, 0.15) is 17.0 Å². The zero-order valence-electron chi connectivity index (χ0n) is 13.8. The van der Waals surface area contributed by atoms with Crippen LogP contribution in [0.3, 0.4) is 0 Å². The Hall–Kier alpha value is -2.51. The van der Waals surface area contributed by atoms with Crippen LogP contribution in [0.4, 0.5) is 22.4 Å². The van der Waals surface area contributed by atoms with Gasteiger partial charge in [-0.05, 0) is 41.5 Å². The molecule has 1 heterocycles. The van der Waals surface area contributed by atoms with Gasteiger partial charge in [0.2, 0.25) is 0 Å². The summed E-state index contributed by atoms with van der Waals surface area (Å²) in [5.41, 5.74) is 0.552. The van der Waals surface area contributed by atoms with Gasteiger partial charge in [-0.2, -0.15) is 13.2 Å². The number of hydrogen-bond acceptors (Lipinski definition) is 1. The minimum Gasteiger partial charge on any atom is -0.464 e. The minimum absolute atomic E-state index is 0.293. The van der Waals surface area contributed by atoms with Crippen LogP contribution in [0, 0.1) is 5.82 Å². The van der Waals surface area contributed by atoms with Crippen molar-refractivity contribution in [2.24, 2.45) is 0 Å². The van der Waals surface area contributed by atoms with E-state index in [1.54, 1.807) is 12.1 Å². The predicted octanol–water partition coefficient (Wildman–Crippen LogP) is 6.97. The van der Waals surface area contributed by atoms with Gasteiger partial charge in [-0.1, -0.05) is 41.4 Å². The topological polar surface area (TPSA) is 42.2 Å². The highest BCUT2D eigenvalue weighted by Gasteiger charge is 2.39. The Kier molecular flexibility index (Phi) is 5.41. The molecule has 3 aromatic rings. The molecule has 1 aromatic heterocycles. The molecule has 0 fully saturated rings. The lowest BCUT2D eigenvalue weighted by Crippen LogP contribution is -2.19. The number of fused-ring (bicyclic) bond motifs is 1. The number of aromatic nitrogens is 1. The highest BCUT2D eigenvalue weighted by molar-refractivity contribution is 6.35. The molecule has 0 amide bonds. The van der Waals surface area contributed by atoms with Crippen LogP contribution in [-0.2, 0) is 0 Å². The minimum atomic E-state index is -4.66. The van der Waals surface area contributed by atoms with Crippen LogP contribution in [0.15, 0.2) is 48.7 Å². The summed E-state index contributed by atoms with van der Waals surface area (Å²) in [6.07, 6.45) is -2.31. The maximum absolute atomic E-state index is 13.5. The van der Waals surface area contributed by atoms with Crippen molar-refractivity contribution in [2.75, 3.05) is 0 Å². The van der Waals surface area contributed by atoms with E-state index in [9.17, 15) is 22.4 Å². The van der Waals surface area contributed by atoms with Crippen LogP contribution < -0.4 is 0 Å². The molecule has 0 aliphatic heterocycles. The summed E-state index contributed by atoms with van der Waals surface area (Å²) in [5.74, 6) is -3.03. The zero-order valence-corrected chi connectivity index (χ0v) is 15.4. The van der Waals surface area contributed by atoms with Crippen molar-refractivity contribution >= 4 is 46.3 Å². The molecule has 2 aromatic carbocycles. The SMILES string of the molecule is O=C(O)n1ccc2cc(C=CC(c3cc(Cl)c(F)c(Cl)c3)C(F)(F)F)ccc21. The molecular formula is C19H11Cl2F4NO2. The van der Waals surface area contributed by atoms with Gasteiger partial charge < -0.3 is 5.11 Å². The number of hydrogen-bond donors (Lipinski definition) is 1. The lowest BCUT2D eigenvalue weighted by Gasteiger charge is -2.18. The Morgan fingerprint density at radius 3 is 2.32 bits per heavy atom. The number of allylic oxidation sites excluding steroid dienone is 1. The molecule has 3 rings (SSSR count). The van der Waals surface area contributed by atoms with Gasteiger partial charge in [0, 0.05) is 11.6 Å². The fourth-order valence-corrected chi connectivity index (χ4v) is 3.31. The predicted molar refractivity (Wildman–Crippen MR) is 99.6 cm³/mol. The van der Waals surface area contributed by atoms with E-state index in [0.29, 0.717) is 16.5 Å². The summed E-state index contributed by atoms with van der Waals surface area (Å²) in [6.45, 7) is 0. The summed E-state index contributed by atoms with van der Waals surface area (Å²) >= 11 is 11.2. The molecule has 28 heavy (non-hydrogen) atoms. The fourth-order valence-electron chi connectivity index (χ4n) is 2.80. The van der Waals surface area contributed by atoms with Gasteiger partial charge in [-0.25, -0.2) is 9.18 Å². The lowest BCUT2D eigenvalue weighted by molar-refractivity contribution is -0.139. The average molecular weight is 432 g/mol. The smallest absolute Gasteiger partial charge is 0.415 e. The monoisotopic (exact) mass is 431 g/mol. The van der Waals surface area contributed by atoms with Crippen molar-refractivity contribution in [1.29, 1.82) is 0 Å². The van der Waals surface area contributed by atoms with Crippen LogP contribution >= 0.6 is 23.2 Å². The number of carboxylic acid groups (broad SMARTS) is 1. The van der Waals surface area contributed by atoms with Gasteiger partial charge in [0.15, 0.2) is 5.82 Å². The van der Waals surface area contributed by atoms with Gasteiger partial charge in [0.25, 0.3) is 0 Å². The standard InChI is InChI=1S/C19H11Cl2F4NO2/c20-14-8-12(9-15(21)17(14)22)13(19(23,24)25)3-1-10-2-4-16-11(7-10)5-6-26(16)18(27)28/h1-9,13H,(H,27,28). The second-order valence-corrected chi connectivity index (χ2v) is 6.78. The van der Waals surface area contributed by atoms with Crippen LogP contribution in [0.5, 0.6) is 0 Å². The maximum Gasteiger partial charge on any atom is 0.415 e. The van der Waals surface area contributed by atoms with Gasteiger partial charge >= 0.3 is 12.3 Å². The summed E-state index contributed by atoms with van der Waals surface area (Å²) in [4.78, 5) is 11.1. The van der Waals surface area contributed by atoms with E-state index in [1.165, 1.54) is 24.4 Å². The Morgan fingerprint density at radius 1 is 1.11 bits per heavy atom. The largest absolute Gasteiger partial charge is 0.464 e. The Balaban J connectivity index is 1.99. The molecule has 1 atom stereocenters. The fraction of sp³-hybridized carbons (Fsp3) is 0.105. The van der Waals surface area contributed by atoms with Crippen molar-refractivity contribution < 1.29 is 27.5 Å². The molecule has 0 aliphatic rings. The molecule has 0 spiro atoms. The van der Waals surface area contributed by atoms with E-state index in [2.05, 4.69) is 0 Å². The molecule has 0 radical (unpaired) electrons. The van der Waals surface area contributed by atoms with Crippen molar-refractivity contribution in [1.82, 2.24) is 4.57 Å². The zero-order chi connectivity index (χ0) is 20.6. The molecule has 0 saturated carbocycles. The van der Waals surface area contributed by atoms with Crippen LogP contribution in [0.2, 0.25) is 10.0 Å². The highest BCUT2D eigenvalue weighted by atomic mass is 35.5. The lowest BCUT2D eigenvalue weighted by atomic mass is 9.97. The molecular weight excluding hydrogens is 421 g/mol. The molecule has 0 saturated heterocycles. The van der Waals surface area contributed by atoms with E-state index in [4.69, 9.17) is 28.3 Å².